The van der Waals surface area contributed by atoms with Gasteiger partial charge in [-0.3, -0.25) is 4.72 Å². The van der Waals surface area contributed by atoms with E-state index in [0.717, 1.165) is 34.1 Å². The number of nitrogens with one attached hydrogen (secondary N) is 2. The summed E-state index contributed by atoms with van der Waals surface area (Å²) in [6.45, 7) is 1.94. The second-order valence-electron chi connectivity index (χ2n) is 7.94. The van der Waals surface area contributed by atoms with Gasteiger partial charge in [0.05, 0.1) is 24.8 Å². The van der Waals surface area contributed by atoms with Crippen LogP contribution in [0.1, 0.15) is 37.8 Å². The molecule has 0 aliphatic heterocycles. The quantitative estimate of drug-likeness (QED) is 0.456. The van der Waals surface area contributed by atoms with Gasteiger partial charge in [-0.05, 0) is 55.7 Å². The number of sulfonamides is 1. The van der Waals surface area contributed by atoms with E-state index < -0.39 is 10.0 Å². The van der Waals surface area contributed by atoms with Gasteiger partial charge in [0.1, 0.15) is 16.3 Å². The number of nitrogens with zero attached hydrogens (tertiary/aromatic N) is 2. The number of thiazole rings is 1. The molecule has 1 aliphatic rings. The summed E-state index contributed by atoms with van der Waals surface area (Å²) >= 11 is 1.54. The van der Waals surface area contributed by atoms with Crippen molar-refractivity contribution in [1.82, 2.24) is 9.97 Å². The van der Waals surface area contributed by atoms with Crippen molar-refractivity contribution in [2.45, 2.75) is 50.0 Å². The van der Waals surface area contributed by atoms with E-state index in [1.54, 1.807) is 35.6 Å². The molecular formula is C23H28N4O4S2. The summed E-state index contributed by atoms with van der Waals surface area (Å²) in [5.74, 6) is 0.435. The highest BCUT2D eigenvalue weighted by molar-refractivity contribution is 7.92. The maximum atomic E-state index is 13.3. The highest BCUT2D eigenvalue weighted by Gasteiger charge is 2.24. The Morgan fingerprint density at radius 3 is 2.61 bits per heavy atom. The third kappa shape index (κ3) is 5.22. The lowest BCUT2D eigenvalue weighted by atomic mass is 9.96. The second-order valence-corrected chi connectivity index (χ2v) is 10.6. The highest BCUT2D eigenvalue weighted by atomic mass is 32.2. The molecular weight excluding hydrogens is 460 g/mol. The first-order valence-corrected chi connectivity index (χ1v) is 13.2. The van der Waals surface area contributed by atoms with E-state index in [-0.39, 0.29) is 22.2 Å². The lowest BCUT2D eigenvalue weighted by Gasteiger charge is -2.22. The summed E-state index contributed by atoms with van der Waals surface area (Å²) in [6.07, 6.45) is 7.61. The van der Waals surface area contributed by atoms with Crippen LogP contribution in [-0.4, -0.2) is 38.6 Å². The first-order chi connectivity index (χ1) is 15.9. The van der Waals surface area contributed by atoms with Crippen LogP contribution in [0.5, 0.6) is 11.6 Å². The van der Waals surface area contributed by atoms with Gasteiger partial charge in [0.2, 0.25) is 5.88 Å². The molecule has 0 bridgehead atoms. The number of anilines is 2. The fourth-order valence-corrected chi connectivity index (χ4v) is 6.30. The molecule has 176 valence electrons. The molecule has 0 amide bonds. The van der Waals surface area contributed by atoms with E-state index in [4.69, 9.17) is 14.5 Å². The fraction of sp³-hybridized carbons (Fsp3) is 0.391. The first-order valence-electron chi connectivity index (χ1n) is 10.9. The van der Waals surface area contributed by atoms with Gasteiger partial charge in [-0.25, -0.2) is 18.4 Å². The van der Waals surface area contributed by atoms with Gasteiger partial charge in [-0.15, -0.1) is 0 Å². The molecule has 1 aromatic carbocycles. The largest absolute Gasteiger partial charge is 0.495 e. The van der Waals surface area contributed by atoms with Crippen molar-refractivity contribution in [3.63, 3.8) is 0 Å². The molecule has 33 heavy (non-hydrogen) atoms. The first kappa shape index (κ1) is 23.3. The molecule has 0 saturated heterocycles. The minimum atomic E-state index is -3.97. The van der Waals surface area contributed by atoms with Crippen molar-refractivity contribution in [2.75, 3.05) is 24.3 Å². The number of aromatic nitrogens is 2. The zero-order valence-corrected chi connectivity index (χ0v) is 20.6. The molecule has 10 heteroatoms. The highest BCUT2D eigenvalue weighted by Crippen LogP contribution is 2.38. The summed E-state index contributed by atoms with van der Waals surface area (Å²) < 4.78 is 39.7. The summed E-state index contributed by atoms with van der Waals surface area (Å²) in [5, 5.41) is 4.42. The maximum Gasteiger partial charge on any atom is 0.265 e. The van der Waals surface area contributed by atoms with E-state index >= 15 is 0 Å². The minimum absolute atomic E-state index is 0.0306. The van der Waals surface area contributed by atoms with Crippen molar-refractivity contribution in [1.29, 1.82) is 0 Å². The number of ether oxygens (including phenoxy) is 2. The Hall–Kier alpha value is -2.85. The van der Waals surface area contributed by atoms with Crippen LogP contribution in [0.15, 0.2) is 41.4 Å². The zero-order valence-electron chi connectivity index (χ0n) is 18.9. The Morgan fingerprint density at radius 1 is 1.09 bits per heavy atom. The minimum Gasteiger partial charge on any atom is -0.495 e. The van der Waals surface area contributed by atoms with Gasteiger partial charge in [-0.2, -0.15) is 0 Å². The summed E-state index contributed by atoms with van der Waals surface area (Å²) in [6, 6.07) is 8.81. The molecule has 8 nitrogen and oxygen atoms in total. The van der Waals surface area contributed by atoms with E-state index in [1.165, 1.54) is 39.7 Å². The Kier molecular flexibility index (Phi) is 7.04. The van der Waals surface area contributed by atoms with E-state index in [9.17, 15) is 8.42 Å². The molecule has 0 unspecified atom stereocenters. The average molecular weight is 489 g/mol. The van der Waals surface area contributed by atoms with Crippen LogP contribution in [0.2, 0.25) is 0 Å². The lowest BCUT2D eigenvalue weighted by molar-refractivity contribution is 0.399. The van der Waals surface area contributed by atoms with Gasteiger partial charge in [0, 0.05) is 12.2 Å². The lowest BCUT2D eigenvalue weighted by Crippen LogP contribution is -2.21. The predicted molar refractivity (Wildman–Crippen MR) is 131 cm³/mol. The number of rotatable bonds is 8. The van der Waals surface area contributed by atoms with Crippen LogP contribution in [0.25, 0.3) is 10.4 Å². The van der Waals surface area contributed by atoms with Crippen LogP contribution >= 0.6 is 11.3 Å². The normalized spacial score (nSPS) is 14.6. The third-order valence-electron chi connectivity index (χ3n) is 5.65. The summed E-state index contributed by atoms with van der Waals surface area (Å²) in [7, 11) is -1.09. The van der Waals surface area contributed by atoms with Crippen molar-refractivity contribution < 1.29 is 17.9 Å². The predicted octanol–water partition coefficient (Wildman–Crippen LogP) is 5.08. The Balaban J connectivity index is 1.66. The molecule has 1 aliphatic carbocycles. The number of aryl methyl sites for hydroxylation is 1. The molecule has 1 saturated carbocycles. The van der Waals surface area contributed by atoms with Crippen LogP contribution in [0.4, 0.5) is 10.8 Å². The third-order valence-corrected chi connectivity index (χ3v) is 8.18. The van der Waals surface area contributed by atoms with E-state index in [1.807, 2.05) is 13.0 Å². The van der Waals surface area contributed by atoms with Gasteiger partial charge >= 0.3 is 0 Å². The Bertz CT molecular complexity index is 1220. The van der Waals surface area contributed by atoms with Crippen LogP contribution in [0, 0.1) is 6.92 Å². The molecule has 2 N–H and O–H groups in total. The fourth-order valence-electron chi connectivity index (χ4n) is 4.01. The molecule has 0 atom stereocenters. The molecule has 0 spiro atoms. The van der Waals surface area contributed by atoms with Crippen LogP contribution < -0.4 is 19.5 Å². The Morgan fingerprint density at radius 2 is 1.88 bits per heavy atom. The standard InChI is InChI=1S/C23H28N4O4S2/c1-15-21(32-23(25-15)26-17-8-5-4-6-9-17)16-11-12-19(30-2)20(14-16)33(28,29)27-18-10-7-13-24-22(18)31-3/h7,10-14,17,27H,4-6,8-9H2,1-3H3,(H,25,26). The van der Waals surface area contributed by atoms with Crippen molar-refractivity contribution in [3.05, 3.63) is 42.2 Å². The van der Waals surface area contributed by atoms with Crippen LogP contribution in [-0.2, 0) is 10.0 Å². The van der Waals surface area contributed by atoms with Crippen molar-refractivity contribution >= 4 is 32.2 Å². The number of benzene rings is 1. The van der Waals surface area contributed by atoms with Crippen molar-refractivity contribution in [3.8, 4) is 22.1 Å². The van der Waals surface area contributed by atoms with Gasteiger partial charge in [-0.1, -0.05) is 30.6 Å². The van der Waals surface area contributed by atoms with E-state index in [2.05, 4.69) is 15.0 Å². The molecule has 0 radical (unpaired) electrons. The van der Waals surface area contributed by atoms with Crippen molar-refractivity contribution in [2.24, 2.45) is 0 Å². The number of methoxy groups -OCH3 is 2. The molecule has 1 fully saturated rings. The number of hydrogen-bond acceptors (Lipinski definition) is 8. The van der Waals surface area contributed by atoms with Gasteiger partial charge < -0.3 is 14.8 Å². The smallest absolute Gasteiger partial charge is 0.265 e. The topological polar surface area (TPSA) is 102 Å². The van der Waals surface area contributed by atoms with Crippen LogP contribution in [0.3, 0.4) is 0 Å². The summed E-state index contributed by atoms with van der Waals surface area (Å²) in [5.41, 5.74) is 1.87. The molecule has 2 aromatic heterocycles. The average Bonchev–Trinajstić information content (AvgIpc) is 3.19. The van der Waals surface area contributed by atoms with Gasteiger partial charge in [0.25, 0.3) is 10.0 Å². The zero-order chi connectivity index (χ0) is 23.4. The SMILES string of the molecule is COc1ccc(-c2sc(NC3CCCCC3)nc2C)cc1S(=O)(=O)Nc1cccnc1OC. The van der Waals surface area contributed by atoms with Gasteiger partial charge in [0.15, 0.2) is 5.13 Å². The Labute approximate surface area is 198 Å². The number of hydrogen-bond donors (Lipinski definition) is 2. The molecule has 3 aromatic rings. The number of pyridine rings is 1. The molecule has 2 heterocycles. The summed E-state index contributed by atoms with van der Waals surface area (Å²) in [4.78, 5) is 9.70. The second kappa shape index (κ2) is 9.96. The maximum absolute atomic E-state index is 13.3. The monoisotopic (exact) mass is 488 g/mol. The molecule has 4 rings (SSSR count). The van der Waals surface area contributed by atoms with E-state index in [0.29, 0.717) is 6.04 Å².